The molecule has 118 valence electrons. The van der Waals surface area contributed by atoms with Crippen molar-refractivity contribution in [1.82, 2.24) is 14.9 Å². The molecule has 0 aliphatic carbocycles. The van der Waals surface area contributed by atoms with Crippen LogP contribution in [-0.4, -0.2) is 35.7 Å². The van der Waals surface area contributed by atoms with Crippen molar-refractivity contribution in [2.24, 2.45) is 5.92 Å². The van der Waals surface area contributed by atoms with Crippen molar-refractivity contribution in [3.8, 4) is 0 Å². The number of hydrogen-bond acceptors (Lipinski definition) is 4. The summed E-state index contributed by atoms with van der Waals surface area (Å²) in [7, 11) is 2.01. The van der Waals surface area contributed by atoms with Gasteiger partial charge in [-0.3, -0.25) is 4.79 Å². The predicted octanol–water partition coefficient (Wildman–Crippen LogP) is 1.82. The number of anilines is 1. The molecule has 1 aliphatic heterocycles. The second-order valence-corrected chi connectivity index (χ2v) is 7.00. The van der Waals surface area contributed by atoms with Gasteiger partial charge in [0.1, 0.15) is 0 Å². The fourth-order valence-corrected chi connectivity index (χ4v) is 2.99. The van der Waals surface area contributed by atoms with E-state index in [0.29, 0.717) is 17.8 Å². The van der Waals surface area contributed by atoms with Crippen LogP contribution in [0.15, 0.2) is 17.2 Å². The van der Waals surface area contributed by atoms with Crippen LogP contribution in [0.4, 0.5) is 5.82 Å². The Balaban J connectivity index is 2.16. The Labute approximate surface area is 127 Å². The molecular weight excluding hydrogens is 264 g/mol. The average Bonchev–Trinajstić information content (AvgIpc) is 2.45. The maximum Gasteiger partial charge on any atom is 0.293 e. The molecule has 1 fully saturated rings. The van der Waals surface area contributed by atoms with Gasteiger partial charge in [0.05, 0.1) is 0 Å². The molecular formula is C16H28N4O. The first-order valence-electron chi connectivity index (χ1n) is 7.85. The summed E-state index contributed by atoms with van der Waals surface area (Å²) in [5, 5.41) is 3.33. The van der Waals surface area contributed by atoms with Gasteiger partial charge >= 0.3 is 0 Å². The molecule has 1 aliphatic rings. The summed E-state index contributed by atoms with van der Waals surface area (Å²) in [6.07, 6.45) is 5.73. The predicted molar refractivity (Wildman–Crippen MR) is 87.0 cm³/mol. The van der Waals surface area contributed by atoms with E-state index in [9.17, 15) is 4.79 Å². The van der Waals surface area contributed by atoms with E-state index in [4.69, 9.17) is 0 Å². The number of piperidine rings is 1. The Hall–Kier alpha value is -1.36. The summed E-state index contributed by atoms with van der Waals surface area (Å²) >= 11 is 0. The number of nitrogens with one attached hydrogen (secondary N) is 1. The van der Waals surface area contributed by atoms with E-state index in [-0.39, 0.29) is 11.1 Å². The fraction of sp³-hybridized carbons (Fsp3) is 0.750. The van der Waals surface area contributed by atoms with Gasteiger partial charge in [0, 0.05) is 37.1 Å². The first-order chi connectivity index (χ1) is 9.84. The topological polar surface area (TPSA) is 50.2 Å². The van der Waals surface area contributed by atoms with Crippen LogP contribution < -0.4 is 15.8 Å². The second kappa shape index (κ2) is 6.18. The van der Waals surface area contributed by atoms with Crippen molar-refractivity contribution < 1.29 is 0 Å². The Morgan fingerprint density at radius 2 is 1.95 bits per heavy atom. The van der Waals surface area contributed by atoms with Gasteiger partial charge in [-0.15, -0.1) is 0 Å². The molecule has 0 radical (unpaired) electrons. The minimum absolute atomic E-state index is 0.0186. The van der Waals surface area contributed by atoms with Gasteiger partial charge in [-0.2, -0.15) is 0 Å². The maximum atomic E-state index is 12.6. The highest BCUT2D eigenvalue weighted by Gasteiger charge is 2.26. The zero-order valence-corrected chi connectivity index (χ0v) is 13.9. The molecule has 1 N–H and O–H groups in total. The smallest absolute Gasteiger partial charge is 0.293 e. The Morgan fingerprint density at radius 3 is 2.48 bits per heavy atom. The monoisotopic (exact) mass is 292 g/mol. The summed E-state index contributed by atoms with van der Waals surface area (Å²) in [5.41, 5.74) is -0.196. The molecule has 0 saturated carbocycles. The summed E-state index contributed by atoms with van der Waals surface area (Å²) in [4.78, 5) is 19.1. The van der Waals surface area contributed by atoms with Crippen LogP contribution in [0.3, 0.4) is 0 Å². The maximum absolute atomic E-state index is 12.6. The van der Waals surface area contributed by atoms with Gasteiger partial charge in [0.25, 0.3) is 5.56 Å². The molecule has 5 nitrogen and oxygen atoms in total. The fourth-order valence-electron chi connectivity index (χ4n) is 2.99. The van der Waals surface area contributed by atoms with E-state index in [0.717, 1.165) is 25.9 Å². The molecule has 1 unspecified atom stereocenters. The number of nitrogens with zero attached hydrogens (tertiary/aromatic N) is 3. The lowest BCUT2D eigenvalue weighted by Gasteiger charge is -2.35. The first-order valence-corrected chi connectivity index (χ1v) is 7.85. The van der Waals surface area contributed by atoms with Crippen molar-refractivity contribution in [2.45, 2.75) is 52.1 Å². The van der Waals surface area contributed by atoms with Crippen LogP contribution >= 0.6 is 0 Å². The van der Waals surface area contributed by atoms with Gasteiger partial charge in [-0.25, -0.2) is 4.98 Å². The van der Waals surface area contributed by atoms with Gasteiger partial charge in [-0.1, -0.05) is 0 Å². The van der Waals surface area contributed by atoms with Crippen LogP contribution in [0.25, 0.3) is 0 Å². The molecule has 0 spiro atoms. The average molecular weight is 292 g/mol. The van der Waals surface area contributed by atoms with Crippen LogP contribution in [-0.2, 0) is 5.54 Å². The molecule has 0 amide bonds. The number of hydrogen-bond donors (Lipinski definition) is 1. The molecule has 1 aromatic heterocycles. The van der Waals surface area contributed by atoms with E-state index in [1.807, 2.05) is 27.8 Å². The highest BCUT2D eigenvalue weighted by molar-refractivity contribution is 5.36. The summed E-state index contributed by atoms with van der Waals surface area (Å²) in [6, 6.07) is 0.530. The van der Waals surface area contributed by atoms with Crippen LogP contribution in [0.5, 0.6) is 0 Å². The highest BCUT2D eigenvalue weighted by Crippen LogP contribution is 2.23. The number of aromatic nitrogens is 2. The lowest BCUT2D eigenvalue weighted by molar-refractivity contribution is 0.321. The molecule has 1 aromatic rings. The summed E-state index contributed by atoms with van der Waals surface area (Å²) < 4.78 is 1.78. The summed E-state index contributed by atoms with van der Waals surface area (Å²) in [5.74, 6) is 1.28. The molecule has 0 bridgehead atoms. The molecule has 21 heavy (non-hydrogen) atoms. The zero-order valence-electron chi connectivity index (χ0n) is 13.9. The minimum Gasteiger partial charge on any atom is -0.352 e. The molecule has 5 heteroatoms. The van der Waals surface area contributed by atoms with E-state index >= 15 is 0 Å². The third kappa shape index (κ3) is 3.46. The normalized spacial score (nSPS) is 18.8. The van der Waals surface area contributed by atoms with Crippen molar-refractivity contribution in [3.63, 3.8) is 0 Å². The van der Waals surface area contributed by atoms with Gasteiger partial charge in [-0.05, 0) is 53.5 Å². The molecule has 0 aromatic carbocycles. The zero-order chi connectivity index (χ0) is 15.6. The van der Waals surface area contributed by atoms with E-state index in [1.165, 1.54) is 0 Å². The largest absolute Gasteiger partial charge is 0.352 e. The molecule has 2 heterocycles. The highest BCUT2D eigenvalue weighted by atomic mass is 16.1. The van der Waals surface area contributed by atoms with Crippen LogP contribution in [0.2, 0.25) is 0 Å². The lowest BCUT2D eigenvalue weighted by atomic mass is 9.90. The SMILES string of the molecule is CNC(C)C1CCN(c2nccn(C(C)(C)C)c2=O)CC1. The van der Waals surface area contributed by atoms with Crippen molar-refractivity contribution in [1.29, 1.82) is 0 Å². The van der Waals surface area contributed by atoms with E-state index in [2.05, 4.69) is 22.1 Å². The van der Waals surface area contributed by atoms with Crippen molar-refractivity contribution >= 4 is 5.82 Å². The third-order valence-corrected chi connectivity index (χ3v) is 4.55. The van der Waals surface area contributed by atoms with Crippen molar-refractivity contribution in [2.75, 3.05) is 25.0 Å². The van der Waals surface area contributed by atoms with Crippen LogP contribution in [0, 0.1) is 5.92 Å². The summed E-state index contributed by atoms with van der Waals surface area (Å²) in [6.45, 7) is 10.2. The van der Waals surface area contributed by atoms with E-state index in [1.54, 1.807) is 17.0 Å². The standard InChI is InChI=1S/C16H28N4O/c1-12(17-5)13-6-9-19(10-7-13)14-15(21)20(11-8-18-14)16(2,3)4/h8,11-13,17H,6-7,9-10H2,1-5H3. The molecule has 1 atom stereocenters. The van der Waals surface area contributed by atoms with E-state index < -0.39 is 0 Å². The van der Waals surface area contributed by atoms with Crippen molar-refractivity contribution in [3.05, 3.63) is 22.7 Å². The first kappa shape index (κ1) is 16.0. The quantitative estimate of drug-likeness (QED) is 0.923. The lowest BCUT2D eigenvalue weighted by Crippen LogP contribution is -2.44. The third-order valence-electron chi connectivity index (χ3n) is 4.55. The number of rotatable bonds is 3. The van der Waals surface area contributed by atoms with Crippen LogP contribution in [0.1, 0.15) is 40.5 Å². The minimum atomic E-state index is -0.215. The van der Waals surface area contributed by atoms with Gasteiger partial charge in [0.15, 0.2) is 5.82 Å². The Bertz CT molecular complexity index is 524. The Morgan fingerprint density at radius 1 is 1.33 bits per heavy atom. The second-order valence-electron chi connectivity index (χ2n) is 7.00. The van der Waals surface area contributed by atoms with Gasteiger partial charge < -0.3 is 14.8 Å². The molecule has 2 rings (SSSR count). The molecule has 1 saturated heterocycles. The Kier molecular flexibility index (Phi) is 4.71. The van der Waals surface area contributed by atoms with Gasteiger partial charge in [0.2, 0.25) is 0 Å².